The summed E-state index contributed by atoms with van der Waals surface area (Å²) in [6.07, 6.45) is 13.4. The minimum Gasteiger partial charge on any atom is -0.872 e. The maximum atomic E-state index is 13.2. The van der Waals surface area contributed by atoms with E-state index in [0.717, 1.165) is 54.7 Å². The third-order valence-corrected chi connectivity index (χ3v) is 15.0. The van der Waals surface area contributed by atoms with Gasteiger partial charge in [0.1, 0.15) is 6.10 Å². The second-order valence-electron chi connectivity index (χ2n) is 16.6. The molecule has 276 valence electrons. The Labute approximate surface area is 325 Å². The van der Waals surface area contributed by atoms with E-state index < -0.39 is 48.0 Å². The number of anilines is 1. The van der Waals surface area contributed by atoms with Crippen LogP contribution in [-0.4, -0.2) is 38.1 Å². The summed E-state index contributed by atoms with van der Waals surface area (Å²) >= 11 is 0. The van der Waals surface area contributed by atoms with Crippen LogP contribution in [0.25, 0.3) is 10.8 Å². The van der Waals surface area contributed by atoms with Crippen molar-refractivity contribution in [2.24, 2.45) is 46.3 Å². The van der Waals surface area contributed by atoms with Crippen LogP contribution in [0.3, 0.4) is 0 Å². The molecular formula is C38H52NNaO9S2. The molecule has 10 nitrogen and oxygen atoms in total. The molecule has 3 fully saturated rings. The van der Waals surface area contributed by atoms with Crippen LogP contribution in [0.2, 0.25) is 0 Å². The number of benzene rings is 2. The van der Waals surface area contributed by atoms with E-state index >= 15 is 0 Å². The van der Waals surface area contributed by atoms with E-state index in [1.54, 1.807) is 0 Å². The molecule has 0 aromatic heterocycles. The summed E-state index contributed by atoms with van der Waals surface area (Å²) in [5, 5.41) is 15.0. The first-order valence-corrected chi connectivity index (χ1v) is 21.1. The predicted molar refractivity (Wildman–Crippen MR) is 190 cm³/mol. The summed E-state index contributed by atoms with van der Waals surface area (Å²) in [4.78, 5) is 11.8. The number of fused-ring (bicyclic) bond motifs is 6. The monoisotopic (exact) mass is 753 g/mol. The minimum absolute atomic E-state index is 0. The van der Waals surface area contributed by atoms with E-state index in [0.29, 0.717) is 36.2 Å². The van der Waals surface area contributed by atoms with E-state index in [4.69, 9.17) is 4.74 Å². The van der Waals surface area contributed by atoms with E-state index in [-0.39, 0.29) is 51.4 Å². The number of carbonyl (C=O) groups is 1. The molecule has 4 aliphatic carbocycles. The molecular weight excluding hydrogens is 702 g/mol. The predicted octanol–water partition coefficient (Wildman–Crippen LogP) is 5.37. The van der Waals surface area contributed by atoms with Gasteiger partial charge in [0.05, 0.1) is 15.5 Å². The van der Waals surface area contributed by atoms with Crippen molar-refractivity contribution < 1.29 is 70.1 Å². The molecule has 13 heteroatoms. The fourth-order valence-electron chi connectivity index (χ4n) is 10.9. The van der Waals surface area contributed by atoms with Gasteiger partial charge in [-0.2, -0.15) is 16.8 Å². The summed E-state index contributed by atoms with van der Waals surface area (Å²) in [6, 6.07) is 3.40. The van der Waals surface area contributed by atoms with Crippen LogP contribution >= 0.6 is 0 Å². The van der Waals surface area contributed by atoms with Gasteiger partial charge in [-0.25, -0.2) is 4.79 Å². The second kappa shape index (κ2) is 14.9. The number of hydrogen-bond donors (Lipinski definition) is 3. The van der Waals surface area contributed by atoms with Gasteiger partial charge in [0.2, 0.25) is 0 Å². The number of rotatable bonds is 9. The van der Waals surface area contributed by atoms with Crippen molar-refractivity contribution in [3.05, 3.63) is 35.9 Å². The summed E-state index contributed by atoms with van der Waals surface area (Å²) in [6.45, 7) is 12.1. The largest absolute Gasteiger partial charge is 1.00 e. The topological polar surface area (TPSA) is 170 Å². The van der Waals surface area contributed by atoms with Crippen LogP contribution in [0.1, 0.15) is 105 Å². The molecule has 2 aromatic carbocycles. The zero-order valence-electron chi connectivity index (χ0n) is 30.8. The molecule has 0 saturated heterocycles. The number of carbonyl (C=O) groups excluding carboxylic acids is 1. The minimum atomic E-state index is -4.81. The zero-order chi connectivity index (χ0) is 36.4. The zero-order valence-corrected chi connectivity index (χ0v) is 34.4. The van der Waals surface area contributed by atoms with Gasteiger partial charge in [-0.3, -0.25) is 14.4 Å². The Morgan fingerprint density at radius 1 is 0.941 bits per heavy atom. The number of hydrogen-bond acceptors (Lipinski definition) is 7. The first-order chi connectivity index (χ1) is 23.3. The van der Waals surface area contributed by atoms with Crippen molar-refractivity contribution in [3.8, 4) is 5.75 Å². The summed E-state index contributed by atoms with van der Waals surface area (Å²) in [7, 11) is -9.60. The summed E-state index contributed by atoms with van der Waals surface area (Å²) in [5.41, 5.74) is 1.51. The Bertz CT molecular complexity index is 1910. The SMILES string of the molecule is CC(C)CCC[C@@H](C)[C@H]1CCC2C3CC=C4C[C@@H](OC(=O)Nc5cc(S(=O)(=O)O)cc6cc(S(=O)(=O)O)cc([O-])c56)CC[C@]4(C)C3CC[C@@]21C.[Na+]. The first-order valence-electron chi connectivity index (χ1n) is 18.2. The van der Waals surface area contributed by atoms with Crippen molar-refractivity contribution >= 4 is 42.8 Å². The van der Waals surface area contributed by atoms with E-state index in [9.17, 15) is 35.8 Å². The Balaban J connectivity index is 0.00000504. The van der Waals surface area contributed by atoms with Crippen molar-refractivity contribution in [2.45, 2.75) is 121 Å². The maximum Gasteiger partial charge on any atom is 1.00 e. The van der Waals surface area contributed by atoms with Crippen LogP contribution in [0.15, 0.2) is 45.7 Å². The van der Waals surface area contributed by atoms with Crippen LogP contribution in [-0.2, 0) is 25.0 Å². The van der Waals surface area contributed by atoms with Gasteiger partial charge in [-0.05, 0) is 126 Å². The molecule has 1 amide bonds. The van der Waals surface area contributed by atoms with Gasteiger partial charge in [0, 0.05) is 6.42 Å². The third kappa shape index (κ3) is 7.94. The van der Waals surface area contributed by atoms with Crippen molar-refractivity contribution in [1.82, 2.24) is 0 Å². The molecule has 0 heterocycles. The van der Waals surface area contributed by atoms with Gasteiger partial charge in [0.25, 0.3) is 20.2 Å². The van der Waals surface area contributed by atoms with Crippen molar-refractivity contribution in [2.75, 3.05) is 5.32 Å². The first kappa shape index (κ1) is 40.5. The van der Waals surface area contributed by atoms with Gasteiger partial charge in [-0.15, -0.1) is 0 Å². The standard InChI is InChI=1S/C38H53NO9S2.Na/c1-22(2)7-6-8-23(3)30-11-12-31-29-10-9-25-19-26(13-15-37(25,4)32(29)14-16-38(30,31)5)48-36(41)39-33-20-27(49(42,43)44)17-24-18-28(50(45,46)47)21-34(40)35(24)33;/h9,17-18,20-23,26,29-32,40H,6-8,10-16,19H2,1-5H3,(H,39,41)(H,42,43,44)(H,45,46,47);/q;+1/p-1/t23-,26+,29?,30-,31?,32?,37+,38-;/m1./s1. The maximum absolute atomic E-state index is 13.2. The van der Waals surface area contributed by atoms with E-state index in [1.807, 2.05) is 0 Å². The smallest absolute Gasteiger partial charge is 0.872 e. The summed E-state index contributed by atoms with van der Waals surface area (Å²) in [5.74, 6) is 3.44. The quantitative estimate of drug-likeness (QED) is 0.173. The molecule has 4 aliphatic rings. The van der Waals surface area contributed by atoms with Crippen molar-refractivity contribution in [3.63, 3.8) is 0 Å². The molecule has 6 rings (SSSR count). The van der Waals surface area contributed by atoms with Crippen LogP contribution in [0.4, 0.5) is 10.5 Å². The van der Waals surface area contributed by atoms with Crippen molar-refractivity contribution in [1.29, 1.82) is 0 Å². The molecule has 0 radical (unpaired) electrons. The summed E-state index contributed by atoms with van der Waals surface area (Å²) < 4.78 is 72.4. The number of ether oxygens (including phenoxy) is 1. The molecule has 8 atom stereocenters. The van der Waals surface area contributed by atoms with Gasteiger partial charge < -0.3 is 9.84 Å². The Morgan fingerprint density at radius 2 is 1.61 bits per heavy atom. The van der Waals surface area contributed by atoms with Crippen LogP contribution < -0.4 is 40.0 Å². The fourth-order valence-corrected chi connectivity index (χ4v) is 11.9. The molecule has 2 aromatic rings. The second-order valence-corrected chi connectivity index (χ2v) is 19.5. The Kier molecular flexibility index (Phi) is 11.8. The molecule has 0 aliphatic heterocycles. The average Bonchev–Trinajstić information content (AvgIpc) is 3.37. The Hall–Kier alpha value is -1.67. The molecule has 3 N–H and O–H groups in total. The Morgan fingerprint density at radius 3 is 2.25 bits per heavy atom. The van der Waals surface area contributed by atoms with E-state index in [2.05, 4.69) is 46.0 Å². The van der Waals surface area contributed by atoms with Gasteiger partial charge >= 0.3 is 35.7 Å². The number of amides is 1. The molecule has 0 spiro atoms. The van der Waals surface area contributed by atoms with Gasteiger partial charge in [-0.1, -0.05) is 71.3 Å². The third-order valence-electron chi connectivity index (χ3n) is 13.3. The molecule has 3 unspecified atom stereocenters. The molecule has 0 bridgehead atoms. The van der Waals surface area contributed by atoms with Crippen LogP contribution in [0, 0.1) is 46.3 Å². The number of nitrogens with one attached hydrogen (secondary N) is 1. The van der Waals surface area contributed by atoms with Gasteiger partial charge in [0.15, 0.2) is 0 Å². The molecule has 51 heavy (non-hydrogen) atoms. The fraction of sp³-hybridized carbons (Fsp3) is 0.658. The molecule has 3 saturated carbocycles. The van der Waals surface area contributed by atoms with Crippen LogP contribution in [0.5, 0.6) is 5.75 Å². The number of allylic oxidation sites excluding steroid dienone is 1. The van der Waals surface area contributed by atoms with E-state index in [1.165, 1.54) is 50.5 Å². The average molecular weight is 754 g/mol. The normalized spacial score (nSPS) is 31.1.